The average Bonchev–Trinajstić information content (AvgIpc) is 3.21. The molecular weight excluding hydrogens is 427 g/mol. The van der Waals surface area contributed by atoms with Crippen molar-refractivity contribution >= 4 is 35.0 Å². The molecule has 0 aliphatic carbocycles. The van der Waals surface area contributed by atoms with E-state index in [0.717, 1.165) is 11.1 Å². The number of hydrogen-bond acceptors (Lipinski definition) is 5. The number of rotatable bonds is 8. The van der Waals surface area contributed by atoms with E-state index in [4.69, 9.17) is 27.6 Å². The number of amides is 2. The number of benzene rings is 2. The summed E-state index contributed by atoms with van der Waals surface area (Å²) in [4.78, 5) is 24.0. The molecule has 2 aromatic carbocycles. The van der Waals surface area contributed by atoms with Crippen molar-refractivity contribution in [3.63, 3.8) is 0 Å². The first-order valence-corrected chi connectivity index (χ1v) is 10.1. The number of halogens is 2. The highest BCUT2D eigenvalue weighted by molar-refractivity contribution is 6.42. The highest BCUT2D eigenvalue weighted by Crippen LogP contribution is 2.22. The van der Waals surface area contributed by atoms with Crippen molar-refractivity contribution in [2.45, 2.75) is 19.8 Å². The van der Waals surface area contributed by atoms with Crippen LogP contribution in [0.15, 0.2) is 46.9 Å². The van der Waals surface area contributed by atoms with E-state index in [0.29, 0.717) is 40.4 Å². The minimum atomic E-state index is -0.294. The Kier molecular flexibility index (Phi) is 7.43. The van der Waals surface area contributed by atoms with Crippen LogP contribution < -0.4 is 10.6 Å². The third-order valence-electron chi connectivity index (χ3n) is 4.25. The van der Waals surface area contributed by atoms with Crippen LogP contribution in [0, 0.1) is 6.92 Å². The molecule has 1 heterocycles. The Morgan fingerprint density at radius 2 is 1.70 bits per heavy atom. The number of aryl methyl sites for hydroxylation is 2. The summed E-state index contributed by atoms with van der Waals surface area (Å²) in [5.41, 5.74) is 2.38. The van der Waals surface area contributed by atoms with Crippen LogP contribution in [-0.4, -0.2) is 35.1 Å². The molecule has 7 nitrogen and oxygen atoms in total. The average molecular weight is 447 g/mol. The van der Waals surface area contributed by atoms with E-state index in [1.807, 2.05) is 31.2 Å². The molecule has 0 aliphatic heterocycles. The van der Waals surface area contributed by atoms with Gasteiger partial charge in [0.05, 0.1) is 10.0 Å². The highest BCUT2D eigenvalue weighted by Gasteiger charge is 2.11. The fourth-order valence-corrected chi connectivity index (χ4v) is 2.89. The van der Waals surface area contributed by atoms with E-state index in [1.54, 1.807) is 12.1 Å². The number of nitrogens with zero attached hydrogens (tertiary/aromatic N) is 2. The minimum absolute atomic E-state index is 0.172. The van der Waals surface area contributed by atoms with Crippen LogP contribution >= 0.6 is 23.2 Å². The Morgan fingerprint density at radius 1 is 0.967 bits per heavy atom. The van der Waals surface area contributed by atoms with E-state index in [2.05, 4.69) is 20.8 Å². The molecule has 0 aliphatic rings. The second-order valence-corrected chi connectivity index (χ2v) is 7.42. The molecule has 3 aromatic rings. The van der Waals surface area contributed by atoms with Crippen LogP contribution in [0.25, 0.3) is 11.5 Å². The van der Waals surface area contributed by atoms with Gasteiger partial charge in [-0.15, -0.1) is 10.2 Å². The van der Waals surface area contributed by atoms with Crippen LogP contribution in [-0.2, 0) is 11.2 Å². The first-order valence-electron chi connectivity index (χ1n) is 9.32. The third-order valence-corrected chi connectivity index (χ3v) is 4.98. The molecule has 0 radical (unpaired) electrons. The van der Waals surface area contributed by atoms with Gasteiger partial charge in [-0.05, 0) is 37.3 Å². The standard InChI is InChI=1S/C21H20Cl2N4O3/c1-13-2-4-14(5-3-13)21-27-26-19(30-21)9-8-18(28)24-10-11-25-20(29)15-6-7-16(22)17(23)12-15/h2-7,12H,8-11H2,1H3,(H,24,28)(H,25,29). The lowest BCUT2D eigenvalue weighted by Gasteiger charge is -2.07. The van der Waals surface area contributed by atoms with Crippen LogP contribution in [0.2, 0.25) is 10.0 Å². The summed E-state index contributed by atoms with van der Waals surface area (Å²) in [7, 11) is 0. The third kappa shape index (κ3) is 6.05. The molecule has 9 heteroatoms. The van der Waals surface area contributed by atoms with Crippen molar-refractivity contribution in [1.29, 1.82) is 0 Å². The predicted octanol–water partition coefficient (Wildman–Crippen LogP) is 3.83. The van der Waals surface area contributed by atoms with Gasteiger partial charge < -0.3 is 15.1 Å². The summed E-state index contributed by atoms with van der Waals surface area (Å²) in [5, 5.41) is 14.1. The van der Waals surface area contributed by atoms with Crippen molar-refractivity contribution in [2.24, 2.45) is 0 Å². The summed E-state index contributed by atoms with van der Waals surface area (Å²) in [6.07, 6.45) is 0.538. The molecule has 0 fully saturated rings. The van der Waals surface area contributed by atoms with Crippen LogP contribution in [0.3, 0.4) is 0 Å². The van der Waals surface area contributed by atoms with Gasteiger partial charge >= 0.3 is 0 Å². The van der Waals surface area contributed by atoms with E-state index in [9.17, 15) is 9.59 Å². The molecule has 0 saturated heterocycles. The molecule has 0 unspecified atom stereocenters. The Morgan fingerprint density at radius 3 is 2.43 bits per heavy atom. The molecule has 2 N–H and O–H groups in total. The Hall–Kier alpha value is -2.90. The SMILES string of the molecule is Cc1ccc(-c2nnc(CCC(=O)NCCNC(=O)c3ccc(Cl)c(Cl)c3)o2)cc1. The largest absolute Gasteiger partial charge is 0.421 e. The maximum absolute atomic E-state index is 12.0. The first kappa shape index (κ1) is 21.8. The maximum atomic E-state index is 12.0. The fourth-order valence-electron chi connectivity index (χ4n) is 2.59. The van der Waals surface area contributed by atoms with Crippen molar-refractivity contribution in [1.82, 2.24) is 20.8 Å². The van der Waals surface area contributed by atoms with Crippen LogP contribution in [0.4, 0.5) is 0 Å². The maximum Gasteiger partial charge on any atom is 0.251 e. The summed E-state index contributed by atoms with van der Waals surface area (Å²) in [5.74, 6) is 0.357. The predicted molar refractivity (Wildman–Crippen MR) is 115 cm³/mol. The number of aromatic nitrogens is 2. The van der Waals surface area contributed by atoms with Gasteiger partial charge in [-0.1, -0.05) is 40.9 Å². The van der Waals surface area contributed by atoms with Gasteiger partial charge in [0.25, 0.3) is 5.91 Å². The number of nitrogens with one attached hydrogen (secondary N) is 2. The lowest BCUT2D eigenvalue weighted by Crippen LogP contribution is -2.34. The van der Waals surface area contributed by atoms with Crippen molar-refractivity contribution < 1.29 is 14.0 Å². The first-order chi connectivity index (χ1) is 14.4. The van der Waals surface area contributed by atoms with Crippen molar-refractivity contribution in [3.05, 3.63) is 69.5 Å². The molecular formula is C21H20Cl2N4O3. The number of hydrogen-bond donors (Lipinski definition) is 2. The summed E-state index contributed by atoms with van der Waals surface area (Å²) in [6, 6.07) is 12.4. The van der Waals surface area contributed by atoms with Gasteiger partial charge in [0.2, 0.25) is 17.7 Å². The normalized spacial score (nSPS) is 10.6. The summed E-state index contributed by atoms with van der Waals surface area (Å²) < 4.78 is 5.60. The van der Waals surface area contributed by atoms with Gasteiger partial charge in [0.1, 0.15) is 0 Å². The lowest BCUT2D eigenvalue weighted by atomic mass is 10.1. The number of carbonyl (C=O) groups excluding carboxylic acids is 2. The van der Waals surface area contributed by atoms with Crippen molar-refractivity contribution in [2.75, 3.05) is 13.1 Å². The zero-order chi connectivity index (χ0) is 21.5. The Balaban J connectivity index is 1.37. The van der Waals surface area contributed by atoms with E-state index >= 15 is 0 Å². The van der Waals surface area contributed by atoms with E-state index < -0.39 is 0 Å². The quantitative estimate of drug-likeness (QED) is 0.512. The topological polar surface area (TPSA) is 97.1 Å². The molecule has 0 saturated carbocycles. The van der Waals surface area contributed by atoms with Crippen LogP contribution in [0.1, 0.15) is 28.2 Å². The van der Waals surface area contributed by atoms with E-state index in [1.165, 1.54) is 6.07 Å². The van der Waals surface area contributed by atoms with Gasteiger partial charge in [0.15, 0.2) is 0 Å². The molecule has 156 valence electrons. The van der Waals surface area contributed by atoms with Crippen molar-refractivity contribution in [3.8, 4) is 11.5 Å². The molecule has 0 atom stereocenters. The molecule has 0 bridgehead atoms. The summed E-state index contributed by atoms with van der Waals surface area (Å²) >= 11 is 11.7. The van der Waals surface area contributed by atoms with Gasteiger partial charge in [-0.3, -0.25) is 9.59 Å². The number of carbonyl (C=O) groups is 2. The summed E-state index contributed by atoms with van der Waals surface area (Å²) in [6.45, 7) is 2.58. The van der Waals surface area contributed by atoms with Crippen LogP contribution in [0.5, 0.6) is 0 Å². The fraction of sp³-hybridized carbons (Fsp3) is 0.238. The smallest absolute Gasteiger partial charge is 0.251 e. The lowest BCUT2D eigenvalue weighted by molar-refractivity contribution is -0.121. The molecule has 30 heavy (non-hydrogen) atoms. The monoisotopic (exact) mass is 446 g/mol. The second-order valence-electron chi connectivity index (χ2n) is 6.60. The second kappa shape index (κ2) is 10.2. The Labute approximate surface area is 183 Å². The zero-order valence-corrected chi connectivity index (χ0v) is 17.8. The zero-order valence-electron chi connectivity index (χ0n) is 16.2. The van der Waals surface area contributed by atoms with Gasteiger partial charge in [0, 0.05) is 37.1 Å². The minimum Gasteiger partial charge on any atom is -0.421 e. The Bertz CT molecular complexity index is 1030. The van der Waals surface area contributed by atoms with Gasteiger partial charge in [-0.25, -0.2) is 0 Å². The molecule has 3 rings (SSSR count). The van der Waals surface area contributed by atoms with Gasteiger partial charge in [-0.2, -0.15) is 0 Å². The highest BCUT2D eigenvalue weighted by atomic mass is 35.5. The molecule has 2 amide bonds. The molecule has 0 spiro atoms. The van der Waals surface area contributed by atoms with E-state index in [-0.39, 0.29) is 24.8 Å². The molecule has 1 aromatic heterocycles.